The minimum atomic E-state index is 0.163. The fourth-order valence-electron chi connectivity index (χ4n) is 0.970. The van der Waals surface area contributed by atoms with Gasteiger partial charge in [-0.25, -0.2) is 0 Å². The Hall–Kier alpha value is -1.02. The second-order valence-corrected chi connectivity index (χ2v) is 4.09. The van der Waals surface area contributed by atoms with Crippen LogP contribution < -0.4 is 11.1 Å². The minimum Gasteiger partial charge on any atom is -0.384 e. The average Bonchev–Trinajstić information content (AvgIpc) is 2.17. The van der Waals surface area contributed by atoms with Crippen LogP contribution in [0.2, 0.25) is 0 Å². The molecular formula is C11H18N2. The van der Waals surface area contributed by atoms with Crippen molar-refractivity contribution in [3.63, 3.8) is 0 Å². The Morgan fingerprint density at radius 3 is 2.38 bits per heavy atom. The summed E-state index contributed by atoms with van der Waals surface area (Å²) in [6.07, 6.45) is 0. The lowest BCUT2D eigenvalue weighted by atomic mass is 9.94. The zero-order valence-electron chi connectivity index (χ0n) is 8.38. The number of hydrogen-bond donors (Lipinski definition) is 2. The summed E-state index contributed by atoms with van der Waals surface area (Å²) < 4.78 is 0. The van der Waals surface area contributed by atoms with Gasteiger partial charge in [0.1, 0.15) is 0 Å². The van der Waals surface area contributed by atoms with Gasteiger partial charge in [0, 0.05) is 12.2 Å². The highest BCUT2D eigenvalue weighted by Gasteiger charge is 2.14. The van der Waals surface area contributed by atoms with Gasteiger partial charge in [0.25, 0.3) is 0 Å². The SMILES string of the molecule is CC(C)(CN)CNc1ccccc1. The Bertz CT molecular complexity index is 242. The van der Waals surface area contributed by atoms with Gasteiger partial charge >= 0.3 is 0 Å². The molecule has 0 aliphatic carbocycles. The molecule has 0 heterocycles. The van der Waals surface area contributed by atoms with E-state index in [1.165, 1.54) is 0 Å². The van der Waals surface area contributed by atoms with Crippen molar-refractivity contribution in [2.24, 2.45) is 11.1 Å². The minimum absolute atomic E-state index is 0.163. The van der Waals surface area contributed by atoms with Gasteiger partial charge in [0.15, 0.2) is 0 Å². The van der Waals surface area contributed by atoms with Crippen LogP contribution in [0.25, 0.3) is 0 Å². The summed E-state index contributed by atoms with van der Waals surface area (Å²) in [7, 11) is 0. The molecule has 0 radical (unpaired) electrons. The fourth-order valence-corrected chi connectivity index (χ4v) is 0.970. The van der Waals surface area contributed by atoms with E-state index in [1.807, 2.05) is 18.2 Å². The third-order valence-electron chi connectivity index (χ3n) is 2.10. The molecular weight excluding hydrogens is 160 g/mol. The summed E-state index contributed by atoms with van der Waals surface area (Å²) in [6.45, 7) is 5.92. The first-order valence-electron chi connectivity index (χ1n) is 4.63. The van der Waals surface area contributed by atoms with Crippen molar-refractivity contribution in [1.82, 2.24) is 0 Å². The van der Waals surface area contributed by atoms with Crippen LogP contribution in [-0.4, -0.2) is 13.1 Å². The molecule has 0 aliphatic rings. The zero-order chi connectivity index (χ0) is 9.73. The summed E-state index contributed by atoms with van der Waals surface area (Å²) in [5.41, 5.74) is 6.95. The van der Waals surface area contributed by atoms with E-state index in [0.717, 1.165) is 12.2 Å². The molecule has 2 heteroatoms. The molecule has 2 nitrogen and oxygen atoms in total. The Balaban J connectivity index is 2.44. The van der Waals surface area contributed by atoms with Gasteiger partial charge in [-0.15, -0.1) is 0 Å². The van der Waals surface area contributed by atoms with Crippen LogP contribution in [-0.2, 0) is 0 Å². The number of rotatable bonds is 4. The third kappa shape index (κ3) is 3.47. The smallest absolute Gasteiger partial charge is 0.0340 e. The van der Waals surface area contributed by atoms with Crippen LogP contribution in [0.5, 0.6) is 0 Å². The van der Waals surface area contributed by atoms with Crippen LogP contribution in [0.4, 0.5) is 5.69 Å². The van der Waals surface area contributed by atoms with Crippen molar-refractivity contribution in [2.45, 2.75) is 13.8 Å². The molecule has 1 aromatic carbocycles. The van der Waals surface area contributed by atoms with Crippen molar-refractivity contribution >= 4 is 5.69 Å². The molecule has 0 spiro atoms. The lowest BCUT2D eigenvalue weighted by molar-refractivity contribution is 0.405. The maximum absolute atomic E-state index is 5.63. The van der Waals surface area contributed by atoms with E-state index in [4.69, 9.17) is 5.73 Å². The van der Waals surface area contributed by atoms with Gasteiger partial charge in [-0.05, 0) is 24.1 Å². The lowest BCUT2D eigenvalue weighted by Crippen LogP contribution is -2.31. The number of nitrogens with one attached hydrogen (secondary N) is 1. The molecule has 0 saturated carbocycles. The number of nitrogens with two attached hydrogens (primary N) is 1. The first-order chi connectivity index (χ1) is 6.14. The Morgan fingerprint density at radius 2 is 1.85 bits per heavy atom. The van der Waals surface area contributed by atoms with Crippen LogP contribution in [0.1, 0.15) is 13.8 Å². The van der Waals surface area contributed by atoms with Crippen LogP contribution in [0, 0.1) is 5.41 Å². The third-order valence-corrected chi connectivity index (χ3v) is 2.10. The van der Waals surface area contributed by atoms with E-state index in [1.54, 1.807) is 0 Å². The number of anilines is 1. The van der Waals surface area contributed by atoms with Crippen molar-refractivity contribution in [3.8, 4) is 0 Å². The molecule has 0 amide bonds. The quantitative estimate of drug-likeness (QED) is 0.741. The molecule has 0 atom stereocenters. The van der Waals surface area contributed by atoms with E-state index in [0.29, 0.717) is 6.54 Å². The van der Waals surface area contributed by atoms with Gasteiger partial charge < -0.3 is 11.1 Å². The Labute approximate surface area is 80.1 Å². The van der Waals surface area contributed by atoms with E-state index >= 15 is 0 Å². The monoisotopic (exact) mass is 178 g/mol. The predicted molar refractivity (Wildman–Crippen MR) is 57.8 cm³/mol. The van der Waals surface area contributed by atoms with Gasteiger partial charge in [-0.1, -0.05) is 32.0 Å². The summed E-state index contributed by atoms with van der Waals surface area (Å²) >= 11 is 0. The number of benzene rings is 1. The molecule has 13 heavy (non-hydrogen) atoms. The second-order valence-electron chi connectivity index (χ2n) is 4.09. The molecule has 0 bridgehead atoms. The summed E-state index contributed by atoms with van der Waals surface area (Å²) in [5, 5.41) is 3.36. The van der Waals surface area contributed by atoms with E-state index < -0.39 is 0 Å². The predicted octanol–water partition coefficient (Wildman–Crippen LogP) is 2.08. The highest BCUT2D eigenvalue weighted by molar-refractivity contribution is 5.42. The van der Waals surface area contributed by atoms with Gasteiger partial charge in [-0.3, -0.25) is 0 Å². The largest absolute Gasteiger partial charge is 0.384 e. The van der Waals surface area contributed by atoms with Gasteiger partial charge in [0.05, 0.1) is 0 Å². The van der Waals surface area contributed by atoms with E-state index in [9.17, 15) is 0 Å². The first kappa shape index (κ1) is 10.1. The maximum atomic E-state index is 5.63. The molecule has 72 valence electrons. The van der Waals surface area contributed by atoms with Crippen molar-refractivity contribution in [1.29, 1.82) is 0 Å². The number of para-hydroxylation sites is 1. The summed E-state index contributed by atoms with van der Waals surface area (Å²) in [4.78, 5) is 0. The molecule has 3 N–H and O–H groups in total. The maximum Gasteiger partial charge on any atom is 0.0340 e. The van der Waals surface area contributed by atoms with E-state index in [2.05, 4.69) is 31.3 Å². The lowest BCUT2D eigenvalue weighted by Gasteiger charge is -2.23. The Morgan fingerprint density at radius 1 is 1.23 bits per heavy atom. The second kappa shape index (κ2) is 4.28. The Kier molecular flexibility index (Phi) is 3.32. The van der Waals surface area contributed by atoms with E-state index in [-0.39, 0.29) is 5.41 Å². The fraction of sp³-hybridized carbons (Fsp3) is 0.455. The molecule has 0 unspecified atom stereocenters. The van der Waals surface area contributed by atoms with Crippen molar-refractivity contribution in [3.05, 3.63) is 30.3 Å². The van der Waals surface area contributed by atoms with Crippen molar-refractivity contribution in [2.75, 3.05) is 18.4 Å². The molecule has 1 aromatic rings. The molecule has 0 saturated heterocycles. The molecule has 0 aromatic heterocycles. The van der Waals surface area contributed by atoms with Crippen LogP contribution >= 0.6 is 0 Å². The standard InChI is InChI=1S/C11H18N2/c1-11(2,8-12)9-13-10-6-4-3-5-7-10/h3-7,13H,8-9,12H2,1-2H3. The van der Waals surface area contributed by atoms with Crippen LogP contribution in [0.3, 0.4) is 0 Å². The number of hydrogen-bond acceptors (Lipinski definition) is 2. The van der Waals surface area contributed by atoms with Gasteiger partial charge in [0.2, 0.25) is 0 Å². The highest BCUT2D eigenvalue weighted by atomic mass is 14.9. The normalized spacial score (nSPS) is 11.3. The van der Waals surface area contributed by atoms with Gasteiger partial charge in [-0.2, -0.15) is 0 Å². The topological polar surface area (TPSA) is 38.0 Å². The highest BCUT2D eigenvalue weighted by Crippen LogP contribution is 2.14. The average molecular weight is 178 g/mol. The van der Waals surface area contributed by atoms with Crippen molar-refractivity contribution < 1.29 is 0 Å². The molecule has 0 aliphatic heterocycles. The summed E-state index contributed by atoms with van der Waals surface area (Å²) in [5.74, 6) is 0. The summed E-state index contributed by atoms with van der Waals surface area (Å²) in [6, 6.07) is 10.2. The molecule has 1 rings (SSSR count). The molecule has 0 fully saturated rings. The zero-order valence-corrected chi connectivity index (χ0v) is 8.38. The first-order valence-corrected chi connectivity index (χ1v) is 4.63. The van der Waals surface area contributed by atoms with Crippen LogP contribution in [0.15, 0.2) is 30.3 Å².